The number of aromatic nitrogens is 2. The Morgan fingerprint density at radius 3 is 2.57 bits per heavy atom. The molecule has 2 amide bonds. The molecule has 30 heavy (non-hydrogen) atoms. The smallest absolute Gasteiger partial charge is 0.358 e. The molecule has 11 heteroatoms. The van der Waals surface area contributed by atoms with Crippen LogP contribution in [0.4, 0.5) is 16.0 Å². The van der Waals surface area contributed by atoms with Crippen molar-refractivity contribution >= 4 is 56.4 Å². The van der Waals surface area contributed by atoms with Crippen LogP contribution in [0.15, 0.2) is 35.0 Å². The summed E-state index contributed by atoms with van der Waals surface area (Å²) >= 11 is 2.37. The number of ether oxygens (including phenoxy) is 2. The van der Waals surface area contributed by atoms with Crippen molar-refractivity contribution in [3.05, 3.63) is 46.4 Å². The second-order valence-corrected chi connectivity index (χ2v) is 7.64. The van der Waals surface area contributed by atoms with Gasteiger partial charge in [0.1, 0.15) is 12.4 Å². The summed E-state index contributed by atoms with van der Waals surface area (Å²) in [6.45, 7) is 2.71. The van der Waals surface area contributed by atoms with Crippen LogP contribution in [0.5, 0.6) is 5.75 Å². The molecule has 0 aliphatic carbocycles. The van der Waals surface area contributed by atoms with Crippen LogP contribution in [0.3, 0.4) is 0 Å². The van der Waals surface area contributed by atoms with Crippen molar-refractivity contribution in [2.75, 3.05) is 17.3 Å². The van der Waals surface area contributed by atoms with Crippen LogP contribution in [0.25, 0.3) is 0 Å². The molecule has 0 saturated carbocycles. The van der Waals surface area contributed by atoms with E-state index in [4.69, 9.17) is 9.47 Å². The number of hydrogen-bond acceptors (Lipinski definition) is 9. The average molecular weight is 447 g/mol. The lowest BCUT2D eigenvalue weighted by atomic mass is 10.2. The van der Waals surface area contributed by atoms with Crippen molar-refractivity contribution in [1.82, 2.24) is 9.97 Å². The predicted molar refractivity (Wildman–Crippen MR) is 113 cm³/mol. The van der Waals surface area contributed by atoms with Gasteiger partial charge in [-0.15, -0.1) is 22.7 Å². The Balaban J connectivity index is 1.70. The highest BCUT2D eigenvalue weighted by Gasteiger charge is 2.22. The monoisotopic (exact) mass is 446 g/mol. The minimum absolute atomic E-state index is 0.0833. The summed E-state index contributed by atoms with van der Waals surface area (Å²) < 4.78 is 10.6. The summed E-state index contributed by atoms with van der Waals surface area (Å²) in [4.78, 5) is 45.3. The molecule has 9 nitrogen and oxygen atoms in total. The van der Waals surface area contributed by atoms with Crippen LogP contribution >= 0.6 is 22.7 Å². The largest absolute Gasteiger partial charge is 0.495 e. The summed E-state index contributed by atoms with van der Waals surface area (Å²) in [7, 11) is 1.53. The molecule has 156 valence electrons. The minimum atomic E-state index is -0.634. The lowest BCUT2D eigenvalue weighted by Crippen LogP contribution is -2.23. The number of esters is 1. The van der Waals surface area contributed by atoms with Gasteiger partial charge in [0.2, 0.25) is 11.8 Å². The number of anilines is 3. The number of benzene rings is 1. The number of methoxy groups -OCH3 is 1. The molecule has 0 spiro atoms. The fourth-order valence-corrected chi connectivity index (χ4v) is 4.07. The van der Waals surface area contributed by atoms with Gasteiger partial charge in [-0.1, -0.05) is 12.1 Å². The van der Waals surface area contributed by atoms with Gasteiger partial charge in [-0.05, 0) is 12.1 Å². The van der Waals surface area contributed by atoms with Crippen molar-refractivity contribution < 1.29 is 23.9 Å². The van der Waals surface area contributed by atoms with E-state index in [1.165, 1.54) is 42.6 Å². The summed E-state index contributed by atoms with van der Waals surface area (Å²) in [5, 5.41) is 6.46. The van der Waals surface area contributed by atoms with Crippen LogP contribution in [0.1, 0.15) is 30.0 Å². The first-order valence-corrected chi connectivity index (χ1v) is 10.4. The second kappa shape index (κ2) is 9.46. The highest BCUT2D eigenvalue weighted by molar-refractivity contribution is 7.14. The van der Waals surface area contributed by atoms with E-state index in [2.05, 4.69) is 15.3 Å². The third kappa shape index (κ3) is 4.99. The van der Waals surface area contributed by atoms with Gasteiger partial charge in [0.05, 0.1) is 18.5 Å². The molecule has 2 heterocycles. The number of carbonyl (C=O) groups is 3. The van der Waals surface area contributed by atoms with Gasteiger partial charge in [-0.25, -0.2) is 14.8 Å². The van der Waals surface area contributed by atoms with Crippen LogP contribution in [-0.2, 0) is 20.9 Å². The molecule has 1 N–H and O–H groups in total. The molecule has 0 bridgehead atoms. The predicted octanol–water partition coefficient (Wildman–Crippen LogP) is 3.61. The normalized spacial score (nSPS) is 10.4. The lowest BCUT2D eigenvalue weighted by molar-refractivity contribution is -0.116. The number of nitrogens with one attached hydrogen (secondary N) is 1. The topological polar surface area (TPSA) is 111 Å². The number of rotatable bonds is 7. The number of amides is 2. The van der Waals surface area contributed by atoms with Crippen LogP contribution in [0, 0.1) is 0 Å². The van der Waals surface area contributed by atoms with Crippen molar-refractivity contribution in [2.45, 2.75) is 20.5 Å². The van der Waals surface area contributed by atoms with Gasteiger partial charge in [-0.2, -0.15) is 0 Å². The maximum absolute atomic E-state index is 12.3. The molecule has 0 aliphatic heterocycles. The van der Waals surface area contributed by atoms with E-state index in [-0.39, 0.29) is 24.1 Å². The fraction of sp³-hybridized carbons (Fsp3) is 0.211. The van der Waals surface area contributed by atoms with E-state index < -0.39 is 5.97 Å². The Hall–Kier alpha value is -3.31. The molecule has 3 rings (SSSR count). The SMILES string of the molecule is COc1ccccc1N(C(C)=O)c1nc(COC(=O)c2csc(NC(C)=O)n2)cs1. The first kappa shape index (κ1) is 21.4. The molecule has 3 aromatic rings. The number of thiazole rings is 2. The third-order valence-electron chi connectivity index (χ3n) is 3.72. The van der Waals surface area contributed by atoms with E-state index in [0.717, 1.165) is 11.3 Å². The first-order valence-electron chi connectivity index (χ1n) is 8.67. The van der Waals surface area contributed by atoms with Gasteiger partial charge < -0.3 is 14.8 Å². The Kier molecular flexibility index (Phi) is 6.75. The molecule has 1 aromatic carbocycles. The van der Waals surface area contributed by atoms with Crippen molar-refractivity contribution in [3.63, 3.8) is 0 Å². The third-order valence-corrected chi connectivity index (χ3v) is 5.35. The fourth-order valence-electron chi connectivity index (χ4n) is 2.48. The molecule has 2 aromatic heterocycles. The zero-order chi connectivity index (χ0) is 21.7. The Morgan fingerprint density at radius 1 is 1.10 bits per heavy atom. The number of hydrogen-bond donors (Lipinski definition) is 1. The van der Waals surface area contributed by atoms with Crippen LogP contribution in [-0.4, -0.2) is 34.9 Å². The van der Waals surface area contributed by atoms with Gasteiger partial charge in [0.25, 0.3) is 0 Å². The van der Waals surface area contributed by atoms with E-state index in [0.29, 0.717) is 27.4 Å². The maximum atomic E-state index is 12.3. The highest BCUT2D eigenvalue weighted by Crippen LogP contribution is 2.35. The molecular formula is C19H18N4O5S2. The molecule has 0 fully saturated rings. The van der Waals surface area contributed by atoms with Crippen LogP contribution < -0.4 is 15.0 Å². The van der Waals surface area contributed by atoms with Gasteiger partial charge in [0, 0.05) is 24.6 Å². The minimum Gasteiger partial charge on any atom is -0.495 e. The molecule has 0 unspecified atom stereocenters. The summed E-state index contributed by atoms with van der Waals surface area (Å²) in [5.74, 6) is -0.602. The Morgan fingerprint density at radius 2 is 1.87 bits per heavy atom. The molecule has 0 saturated heterocycles. The van der Waals surface area contributed by atoms with Crippen molar-refractivity contribution in [2.24, 2.45) is 0 Å². The lowest BCUT2D eigenvalue weighted by Gasteiger charge is -2.20. The van der Waals surface area contributed by atoms with Crippen molar-refractivity contribution in [3.8, 4) is 5.75 Å². The summed E-state index contributed by atoms with van der Waals surface area (Å²) in [5.41, 5.74) is 1.15. The number of nitrogens with zero attached hydrogens (tertiary/aromatic N) is 3. The quantitative estimate of drug-likeness (QED) is 0.552. The van der Waals surface area contributed by atoms with E-state index >= 15 is 0 Å². The zero-order valence-electron chi connectivity index (χ0n) is 16.4. The average Bonchev–Trinajstić information content (AvgIpc) is 3.36. The molecule has 0 atom stereocenters. The standard InChI is InChI=1S/C19H18N4O5S2/c1-11(24)20-18-22-14(10-29-18)17(26)28-8-13-9-30-19(21-13)23(12(2)25)15-6-4-5-7-16(15)27-3/h4-7,9-10H,8H2,1-3H3,(H,20,22,24). The number of carbonyl (C=O) groups excluding carboxylic acids is 3. The number of para-hydroxylation sites is 2. The van der Waals surface area contributed by atoms with Crippen LogP contribution in [0.2, 0.25) is 0 Å². The second-order valence-electron chi connectivity index (χ2n) is 5.94. The summed E-state index contributed by atoms with van der Waals surface area (Å²) in [6, 6.07) is 7.12. The van der Waals surface area contributed by atoms with Crippen molar-refractivity contribution in [1.29, 1.82) is 0 Å². The first-order chi connectivity index (χ1) is 14.4. The van der Waals surface area contributed by atoms with Gasteiger partial charge >= 0.3 is 5.97 Å². The Bertz CT molecular complexity index is 1080. The molecule has 0 radical (unpaired) electrons. The van der Waals surface area contributed by atoms with Gasteiger partial charge in [0.15, 0.2) is 16.0 Å². The van der Waals surface area contributed by atoms with E-state index in [1.54, 1.807) is 23.6 Å². The highest BCUT2D eigenvalue weighted by atomic mass is 32.1. The summed E-state index contributed by atoms with van der Waals surface area (Å²) in [6.07, 6.45) is 0. The zero-order valence-corrected chi connectivity index (χ0v) is 18.0. The Labute approximate surface area is 180 Å². The molecular weight excluding hydrogens is 428 g/mol. The van der Waals surface area contributed by atoms with E-state index in [9.17, 15) is 14.4 Å². The van der Waals surface area contributed by atoms with Gasteiger partial charge in [-0.3, -0.25) is 14.5 Å². The maximum Gasteiger partial charge on any atom is 0.358 e. The van der Waals surface area contributed by atoms with E-state index in [1.807, 2.05) is 6.07 Å². The molecule has 0 aliphatic rings.